The van der Waals surface area contributed by atoms with Gasteiger partial charge in [0, 0.05) is 17.3 Å². The summed E-state index contributed by atoms with van der Waals surface area (Å²) in [6.07, 6.45) is 0. The molecule has 0 unspecified atom stereocenters. The van der Waals surface area contributed by atoms with Crippen LogP contribution >= 0.6 is 0 Å². The van der Waals surface area contributed by atoms with Crippen LogP contribution in [0, 0.1) is 18.6 Å². The van der Waals surface area contributed by atoms with Crippen molar-refractivity contribution in [2.75, 3.05) is 44.6 Å². The number of hydrogen-bond donors (Lipinski definition) is 4. The van der Waals surface area contributed by atoms with Crippen LogP contribution in [0.5, 0.6) is 0 Å². The molecule has 160 valence electrons. The third-order valence-corrected chi connectivity index (χ3v) is 5.43. The van der Waals surface area contributed by atoms with E-state index in [2.05, 4.69) is 35.8 Å². The monoisotopic (exact) mass is 418 g/mol. The Morgan fingerprint density at radius 1 is 0.933 bits per heavy atom. The largest absolute Gasteiger partial charge is 0.342 e. The highest BCUT2D eigenvalue weighted by atomic mass is 19.2. The zero-order valence-electron chi connectivity index (χ0n) is 17.1. The Balaban J connectivity index is 1.36. The molecule has 0 atom stereocenters. The lowest BCUT2D eigenvalue weighted by Crippen LogP contribution is -3.28. The zero-order valence-corrected chi connectivity index (χ0v) is 17.1. The van der Waals surface area contributed by atoms with Gasteiger partial charge in [-0.05, 0) is 24.6 Å². The molecular formula is C22H28F2N4O2+2. The molecule has 3 rings (SSSR count). The molecular weight excluding hydrogens is 390 g/mol. The van der Waals surface area contributed by atoms with Crippen molar-refractivity contribution in [3.05, 3.63) is 65.2 Å². The van der Waals surface area contributed by atoms with E-state index in [0.29, 0.717) is 6.54 Å². The van der Waals surface area contributed by atoms with E-state index < -0.39 is 17.5 Å². The molecule has 6 nitrogen and oxygen atoms in total. The zero-order chi connectivity index (χ0) is 21.5. The number of hydrogen-bond acceptors (Lipinski definition) is 2. The molecule has 30 heavy (non-hydrogen) atoms. The minimum absolute atomic E-state index is 0.145. The van der Waals surface area contributed by atoms with E-state index in [1.807, 2.05) is 6.07 Å². The summed E-state index contributed by atoms with van der Waals surface area (Å²) in [7, 11) is 0. The molecule has 0 spiro atoms. The number of nitrogens with one attached hydrogen (secondary N) is 4. The molecule has 1 saturated heterocycles. The smallest absolute Gasteiger partial charge is 0.275 e. The molecule has 0 aromatic heterocycles. The lowest BCUT2D eigenvalue weighted by Gasteiger charge is -2.29. The number of halogens is 2. The molecule has 1 aliphatic rings. The number of amides is 2. The van der Waals surface area contributed by atoms with Crippen molar-refractivity contribution >= 4 is 17.5 Å². The van der Waals surface area contributed by atoms with E-state index in [4.69, 9.17) is 0 Å². The van der Waals surface area contributed by atoms with Crippen molar-refractivity contribution in [1.82, 2.24) is 5.32 Å². The highest BCUT2D eigenvalue weighted by Crippen LogP contribution is 2.12. The van der Waals surface area contributed by atoms with Crippen molar-refractivity contribution in [3.63, 3.8) is 0 Å². The van der Waals surface area contributed by atoms with Gasteiger partial charge in [-0.15, -0.1) is 0 Å². The van der Waals surface area contributed by atoms with Gasteiger partial charge in [0.1, 0.15) is 32.7 Å². The van der Waals surface area contributed by atoms with Crippen LogP contribution < -0.4 is 20.4 Å². The van der Waals surface area contributed by atoms with Gasteiger partial charge in [-0.25, -0.2) is 8.78 Å². The van der Waals surface area contributed by atoms with Crippen LogP contribution in [0.1, 0.15) is 11.1 Å². The van der Waals surface area contributed by atoms with Crippen molar-refractivity contribution in [2.45, 2.75) is 13.5 Å². The first kappa shape index (κ1) is 21.9. The third-order valence-electron chi connectivity index (χ3n) is 5.43. The molecule has 0 saturated carbocycles. The summed E-state index contributed by atoms with van der Waals surface area (Å²) in [6, 6.07) is 11.5. The molecule has 1 aliphatic heterocycles. The Labute approximate surface area is 174 Å². The standard InChI is InChI=1S/C22H26F2N4O2/c1-16-4-2-3-5-17(16)14-27-8-10-28(11-9-27)15-22(30)25-13-21(29)26-18-6-7-19(23)20(24)12-18/h2-7,12H,8-11,13-15H2,1H3,(H,25,30)(H,26,29)/p+2. The van der Waals surface area contributed by atoms with E-state index in [-0.39, 0.29) is 18.1 Å². The SMILES string of the molecule is Cc1ccccc1C[NH+]1CC[NH+](CC(=O)NCC(=O)Nc2ccc(F)c(F)c2)CC1. The minimum atomic E-state index is -1.04. The number of quaternary nitrogens is 2. The minimum Gasteiger partial charge on any atom is -0.342 e. The summed E-state index contributed by atoms with van der Waals surface area (Å²) in [4.78, 5) is 26.8. The molecule has 2 aromatic rings. The maximum absolute atomic E-state index is 13.2. The molecule has 1 fully saturated rings. The maximum atomic E-state index is 13.2. The van der Waals surface area contributed by atoms with Crippen LogP contribution in [-0.4, -0.2) is 51.1 Å². The van der Waals surface area contributed by atoms with Crippen molar-refractivity contribution < 1.29 is 28.2 Å². The van der Waals surface area contributed by atoms with Crippen molar-refractivity contribution in [3.8, 4) is 0 Å². The van der Waals surface area contributed by atoms with E-state index in [0.717, 1.165) is 44.9 Å². The lowest BCUT2D eigenvalue weighted by molar-refractivity contribution is -1.02. The summed E-state index contributed by atoms with van der Waals surface area (Å²) in [5.74, 6) is -2.71. The van der Waals surface area contributed by atoms with Gasteiger partial charge < -0.3 is 20.4 Å². The van der Waals surface area contributed by atoms with Gasteiger partial charge >= 0.3 is 0 Å². The van der Waals surface area contributed by atoms with Crippen LogP contribution in [0.2, 0.25) is 0 Å². The van der Waals surface area contributed by atoms with Crippen molar-refractivity contribution in [1.29, 1.82) is 0 Å². The van der Waals surface area contributed by atoms with E-state index in [1.54, 1.807) is 0 Å². The van der Waals surface area contributed by atoms with Gasteiger partial charge in [-0.3, -0.25) is 9.59 Å². The Kier molecular flexibility index (Phi) is 7.48. The lowest BCUT2D eigenvalue weighted by atomic mass is 10.1. The molecule has 0 bridgehead atoms. The molecule has 2 amide bonds. The molecule has 0 radical (unpaired) electrons. The number of piperazine rings is 1. The Hall–Kier alpha value is -2.84. The van der Waals surface area contributed by atoms with Crippen LogP contribution in [0.3, 0.4) is 0 Å². The quantitative estimate of drug-likeness (QED) is 0.481. The summed E-state index contributed by atoms with van der Waals surface area (Å²) in [6.45, 7) is 7.01. The van der Waals surface area contributed by atoms with Gasteiger partial charge in [0.25, 0.3) is 5.91 Å². The highest BCUT2D eigenvalue weighted by molar-refractivity contribution is 5.94. The summed E-state index contributed by atoms with van der Waals surface area (Å²) in [5.41, 5.74) is 2.81. The predicted molar refractivity (Wildman–Crippen MR) is 109 cm³/mol. The highest BCUT2D eigenvalue weighted by Gasteiger charge is 2.25. The van der Waals surface area contributed by atoms with Gasteiger partial charge in [0.15, 0.2) is 18.2 Å². The van der Waals surface area contributed by atoms with Gasteiger partial charge in [-0.2, -0.15) is 0 Å². The number of anilines is 1. The van der Waals surface area contributed by atoms with E-state index >= 15 is 0 Å². The van der Waals surface area contributed by atoms with Gasteiger partial charge in [0.2, 0.25) is 5.91 Å². The van der Waals surface area contributed by atoms with Crippen LogP contribution in [0.25, 0.3) is 0 Å². The average Bonchev–Trinajstić information content (AvgIpc) is 2.72. The predicted octanol–water partition coefficient (Wildman–Crippen LogP) is -0.688. The Morgan fingerprint density at radius 3 is 2.33 bits per heavy atom. The fraction of sp³-hybridized carbons (Fsp3) is 0.364. The molecule has 1 heterocycles. The number of carbonyl (C=O) groups is 2. The van der Waals surface area contributed by atoms with Crippen molar-refractivity contribution in [2.24, 2.45) is 0 Å². The Morgan fingerprint density at radius 2 is 1.63 bits per heavy atom. The van der Waals surface area contributed by atoms with Crippen LogP contribution in [0.4, 0.5) is 14.5 Å². The summed E-state index contributed by atoms with van der Waals surface area (Å²) < 4.78 is 26.1. The average molecular weight is 418 g/mol. The first-order valence-electron chi connectivity index (χ1n) is 10.1. The van der Waals surface area contributed by atoms with Gasteiger partial charge in [0.05, 0.1) is 6.54 Å². The first-order chi connectivity index (χ1) is 14.4. The second kappa shape index (κ2) is 10.3. The molecule has 0 aliphatic carbocycles. The molecule has 2 aromatic carbocycles. The fourth-order valence-corrected chi connectivity index (χ4v) is 3.64. The number of aryl methyl sites for hydroxylation is 1. The van der Waals surface area contributed by atoms with Crippen LogP contribution in [0.15, 0.2) is 42.5 Å². The molecule has 8 heteroatoms. The number of rotatable bonds is 7. The second-order valence-electron chi connectivity index (χ2n) is 7.73. The van der Waals surface area contributed by atoms with Crippen LogP contribution in [-0.2, 0) is 16.1 Å². The number of carbonyl (C=O) groups excluding carboxylic acids is 2. The maximum Gasteiger partial charge on any atom is 0.275 e. The fourth-order valence-electron chi connectivity index (χ4n) is 3.64. The normalized spacial score (nSPS) is 18.6. The second-order valence-corrected chi connectivity index (χ2v) is 7.73. The number of benzene rings is 2. The van der Waals surface area contributed by atoms with E-state index in [1.165, 1.54) is 27.0 Å². The third kappa shape index (κ3) is 6.33. The Bertz CT molecular complexity index is 898. The topological polar surface area (TPSA) is 67.1 Å². The van der Waals surface area contributed by atoms with Gasteiger partial charge in [-0.1, -0.05) is 24.3 Å². The van der Waals surface area contributed by atoms with E-state index in [9.17, 15) is 18.4 Å². The summed E-state index contributed by atoms with van der Waals surface area (Å²) >= 11 is 0. The first-order valence-corrected chi connectivity index (χ1v) is 10.1. The molecule has 4 N–H and O–H groups in total. The summed E-state index contributed by atoms with van der Waals surface area (Å²) in [5, 5.41) is 5.02.